The quantitative estimate of drug-likeness (QED) is 0.838. The van der Waals surface area contributed by atoms with E-state index in [9.17, 15) is 0 Å². The molecular formula is C17H32N2O. The Morgan fingerprint density at radius 3 is 2.55 bits per heavy atom. The average Bonchev–Trinajstić information content (AvgIpc) is 2.96. The monoisotopic (exact) mass is 280 g/mol. The van der Waals surface area contributed by atoms with Crippen molar-refractivity contribution in [3.63, 3.8) is 0 Å². The maximum Gasteiger partial charge on any atom is 0.0661 e. The van der Waals surface area contributed by atoms with E-state index in [4.69, 9.17) is 4.74 Å². The molecular weight excluding hydrogens is 248 g/mol. The fraction of sp³-hybridized carbons (Fsp3) is 1.00. The minimum Gasteiger partial charge on any atom is -0.378 e. The van der Waals surface area contributed by atoms with Crippen LogP contribution in [0.4, 0.5) is 0 Å². The number of nitrogens with zero attached hydrogens (tertiary/aromatic N) is 1. The summed E-state index contributed by atoms with van der Waals surface area (Å²) in [5, 5.41) is 3.93. The summed E-state index contributed by atoms with van der Waals surface area (Å²) < 4.78 is 6.01. The Labute approximate surface area is 124 Å². The predicted molar refractivity (Wildman–Crippen MR) is 82.9 cm³/mol. The van der Waals surface area contributed by atoms with Gasteiger partial charge in [0.05, 0.1) is 6.10 Å². The van der Waals surface area contributed by atoms with Crippen molar-refractivity contribution in [2.45, 2.75) is 64.0 Å². The van der Waals surface area contributed by atoms with Crippen molar-refractivity contribution in [3.05, 3.63) is 0 Å². The van der Waals surface area contributed by atoms with E-state index in [0.29, 0.717) is 11.5 Å². The summed E-state index contributed by atoms with van der Waals surface area (Å²) in [6.07, 6.45) is 10.2. The lowest BCUT2D eigenvalue weighted by Crippen LogP contribution is -2.63. The summed E-state index contributed by atoms with van der Waals surface area (Å²) in [7, 11) is 2.25. The largest absolute Gasteiger partial charge is 0.378 e. The van der Waals surface area contributed by atoms with Gasteiger partial charge in [-0.05, 0) is 71.6 Å². The van der Waals surface area contributed by atoms with Crippen LogP contribution < -0.4 is 5.32 Å². The number of hydrogen-bond donors (Lipinski definition) is 1. The molecule has 3 fully saturated rings. The predicted octanol–water partition coefficient (Wildman–Crippen LogP) is 2.66. The molecule has 116 valence electrons. The van der Waals surface area contributed by atoms with Gasteiger partial charge < -0.3 is 15.0 Å². The van der Waals surface area contributed by atoms with Crippen molar-refractivity contribution in [1.29, 1.82) is 0 Å². The van der Waals surface area contributed by atoms with Crippen LogP contribution in [0, 0.1) is 11.3 Å². The van der Waals surface area contributed by atoms with Crippen molar-refractivity contribution in [3.8, 4) is 0 Å². The molecule has 2 aliphatic carbocycles. The highest BCUT2D eigenvalue weighted by Crippen LogP contribution is 2.54. The number of rotatable bonds is 5. The maximum absolute atomic E-state index is 6.01. The van der Waals surface area contributed by atoms with E-state index < -0.39 is 0 Å². The van der Waals surface area contributed by atoms with Gasteiger partial charge in [-0.1, -0.05) is 12.8 Å². The average molecular weight is 280 g/mol. The zero-order chi connectivity index (χ0) is 14.0. The summed E-state index contributed by atoms with van der Waals surface area (Å²) in [5.41, 5.74) is 0.501. The minimum atomic E-state index is 0.501. The van der Waals surface area contributed by atoms with Crippen LogP contribution in [-0.2, 0) is 4.74 Å². The number of ether oxygens (including phenoxy) is 1. The molecule has 0 radical (unpaired) electrons. The van der Waals surface area contributed by atoms with Crippen molar-refractivity contribution in [2.75, 3.05) is 33.3 Å². The fourth-order valence-corrected chi connectivity index (χ4v) is 4.75. The number of likely N-dealkylation sites (tertiary alicyclic amines) is 1. The lowest BCUT2D eigenvalue weighted by molar-refractivity contribution is -0.131. The molecule has 2 atom stereocenters. The van der Waals surface area contributed by atoms with Crippen molar-refractivity contribution >= 4 is 0 Å². The molecule has 0 bridgehead atoms. The molecule has 2 unspecified atom stereocenters. The Hall–Kier alpha value is -0.120. The molecule has 0 aromatic carbocycles. The van der Waals surface area contributed by atoms with Gasteiger partial charge in [0.1, 0.15) is 0 Å². The lowest BCUT2D eigenvalue weighted by Gasteiger charge is -2.54. The van der Waals surface area contributed by atoms with Gasteiger partial charge in [0.15, 0.2) is 0 Å². The SMILES string of the molecule is CCOC1CC(NCC2CCN(C)CC2)C12CCCC2. The zero-order valence-corrected chi connectivity index (χ0v) is 13.4. The van der Waals surface area contributed by atoms with Gasteiger partial charge >= 0.3 is 0 Å². The van der Waals surface area contributed by atoms with Gasteiger partial charge in [-0.3, -0.25) is 0 Å². The van der Waals surface area contributed by atoms with E-state index in [-0.39, 0.29) is 0 Å². The van der Waals surface area contributed by atoms with Crippen LogP contribution in [0.25, 0.3) is 0 Å². The summed E-state index contributed by atoms with van der Waals surface area (Å²) in [6.45, 7) is 6.82. The molecule has 0 aromatic rings. The number of hydrogen-bond acceptors (Lipinski definition) is 3. The molecule has 20 heavy (non-hydrogen) atoms. The molecule has 3 heteroatoms. The van der Waals surface area contributed by atoms with Crippen molar-refractivity contribution in [2.24, 2.45) is 11.3 Å². The van der Waals surface area contributed by atoms with Crippen LogP contribution in [0.3, 0.4) is 0 Å². The molecule has 1 saturated heterocycles. The fourth-order valence-electron chi connectivity index (χ4n) is 4.75. The third-order valence-electron chi connectivity index (χ3n) is 6.18. The van der Waals surface area contributed by atoms with Crippen molar-refractivity contribution in [1.82, 2.24) is 10.2 Å². The molecule has 1 heterocycles. The Kier molecular flexibility index (Phi) is 4.68. The first-order valence-corrected chi connectivity index (χ1v) is 8.78. The van der Waals surface area contributed by atoms with Crippen LogP contribution in [0.15, 0.2) is 0 Å². The van der Waals surface area contributed by atoms with Crippen molar-refractivity contribution < 1.29 is 4.74 Å². The van der Waals surface area contributed by atoms with Crippen LogP contribution in [0.5, 0.6) is 0 Å². The molecule has 0 aromatic heterocycles. The summed E-state index contributed by atoms with van der Waals surface area (Å²) in [5.74, 6) is 0.899. The third-order valence-corrected chi connectivity index (χ3v) is 6.18. The third kappa shape index (κ3) is 2.77. The van der Waals surface area contributed by atoms with E-state index in [1.54, 1.807) is 0 Å². The number of nitrogens with one attached hydrogen (secondary N) is 1. The highest BCUT2D eigenvalue weighted by Gasteiger charge is 2.56. The molecule has 3 nitrogen and oxygen atoms in total. The molecule has 1 N–H and O–H groups in total. The van der Waals surface area contributed by atoms with Crippen LogP contribution in [-0.4, -0.2) is 50.3 Å². The first-order valence-electron chi connectivity index (χ1n) is 8.78. The standard InChI is InChI=1S/C17H32N2O/c1-3-20-16-12-15(17(16)8-4-5-9-17)18-13-14-6-10-19(2)11-7-14/h14-16,18H,3-13H2,1-2H3. The minimum absolute atomic E-state index is 0.501. The first-order chi connectivity index (χ1) is 9.74. The smallest absolute Gasteiger partial charge is 0.0661 e. The first kappa shape index (κ1) is 14.8. The second-order valence-corrected chi connectivity index (χ2v) is 7.33. The number of piperidine rings is 1. The Balaban J connectivity index is 1.48. The Morgan fingerprint density at radius 1 is 1.20 bits per heavy atom. The van der Waals surface area contributed by atoms with E-state index >= 15 is 0 Å². The maximum atomic E-state index is 6.01. The molecule has 0 amide bonds. The van der Waals surface area contributed by atoms with Gasteiger partial charge in [-0.15, -0.1) is 0 Å². The van der Waals surface area contributed by atoms with E-state index in [1.807, 2.05) is 0 Å². The van der Waals surface area contributed by atoms with Gasteiger partial charge in [0.25, 0.3) is 0 Å². The summed E-state index contributed by atoms with van der Waals surface area (Å²) in [6, 6.07) is 0.737. The van der Waals surface area contributed by atoms with Gasteiger partial charge in [0, 0.05) is 18.1 Å². The normalized spacial score (nSPS) is 34.5. The topological polar surface area (TPSA) is 24.5 Å². The van der Waals surface area contributed by atoms with Crippen LogP contribution in [0.2, 0.25) is 0 Å². The summed E-state index contributed by atoms with van der Waals surface area (Å²) in [4.78, 5) is 2.46. The molecule has 3 aliphatic rings. The molecule has 3 rings (SSSR count). The zero-order valence-electron chi connectivity index (χ0n) is 13.4. The van der Waals surface area contributed by atoms with Gasteiger partial charge in [-0.2, -0.15) is 0 Å². The summed E-state index contributed by atoms with van der Waals surface area (Å²) >= 11 is 0. The highest BCUT2D eigenvalue weighted by molar-refractivity contribution is 5.10. The molecule has 2 saturated carbocycles. The second kappa shape index (κ2) is 6.33. The van der Waals surface area contributed by atoms with E-state index in [1.165, 1.54) is 64.6 Å². The highest BCUT2D eigenvalue weighted by atomic mass is 16.5. The lowest BCUT2D eigenvalue weighted by atomic mass is 9.60. The second-order valence-electron chi connectivity index (χ2n) is 7.33. The van der Waals surface area contributed by atoms with Gasteiger partial charge in [0.2, 0.25) is 0 Å². The van der Waals surface area contributed by atoms with E-state index in [2.05, 4.69) is 24.2 Å². The van der Waals surface area contributed by atoms with Crippen LogP contribution in [0.1, 0.15) is 51.9 Å². The Morgan fingerprint density at radius 2 is 1.90 bits per heavy atom. The van der Waals surface area contributed by atoms with E-state index in [0.717, 1.165) is 18.6 Å². The van der Waals surface area contributed by atoms with Crippen LogP contribution >= 0.6 is 0 Å². The Bertz CT molecular complexity index is 306. The molecule has 1 spiro atoms. The molecule has 1 aliphatic heterocycles. The van der Waals surface area contributed by atoms with Gasteiger partial charge in [-0.25, -0.2) is 0 Å².